The van der Waals surface area contributed by atoms with Gasteiger partial charge in [0.05, 0.1) is 14.7 Å². The number of allylic oxidation sites excluding steroid dienone is 1. The Labute approximate surface area is 136 Å². The van der Waals surface area contributed by atoms with E-state index in [4.69, 9.17) is 4.74 Å². The lowest BCUT2D eigenvalue weighted by molar-refractivity contribution is -0.140. The van der Waals surface area contributed by atoms with Gasteiger partial charge in [-0.1, -0.05) is 51.2 Å². The summed E-state index contributed by atoms with van der Waals surface area (Å²) in [6.45, 7) is 9.55. The average Bonchev–Trinajstić information content (AvgIpc) is 2.39. The van der Waals surface area contributed by atoms with Gasteiger partial charge in [-0.05, 0) is 24.1 Å². The zero-order chi connectivity index (χ0) is 17.8. The van der Waals surface area contributed by atoms with Crippen molar-refractivity contribution in [2.24, 2.45) is 0 Å². The topological polar surface area (TPSA) is 9.23 Å². The first-order valence-electron chi connectivity index (χ1n) is 7.77. The summed E-state index contributed by atoms with van der Waals surface area (Å²) in [5.41, 5.74) is -1.36. The Morgan fingerprint density at radius 1 is 1.17 bits per heavy atom. The third-order valence-electron chi connectivity index (χ3n) is 3.38. The maximum absolute atomic E-state index is 14.7. The third kappa shape index (κ3) is 4.83. The van der Waals surface area contributed by atoms with Crippen LogP contribution in [-0.2, 0) is 6.18 Å². The maximum atomic E-state index is 14.7. The molecule has 0 heterocycles. The average molecular weight is 348 g/mol. The first-order valence-corrected chi connectivity index (χ1v) is 11.3. The van der Waals surface area contributed by atoms with Crippen molar-refractivity contribution in [3.8, 4) is 5.75 Å². The van der Waals surface area contributed by atoms with Crippen molar-refractivity contribution >= 4 is 19.3 Å². The lowest BCUT2D eigenvalue weighted by atomic mass is 10.0. The van der Waals surface area contributed by atoms with E-state index in [0.717, 1.165) is 6.42 Å². The quantitative estimate of drug-likeness (QED) is 0.480. The largest absolute Gasteiger partial charge is 0.491 e. The first kappa shape index (κ1) is 19.7. The van der Waals surface area contributed by atoms with E-state index in [1.165, 1.54) is 12.1 Å². The lowest BCUT2D eigenvalue weighted by Crippen LogP contribution is -2.40. The van der Waals surface area contributed by atoms with Crippen molar-refractivity contribution in [3.05, 3.63) is 29.1 Å². The normalized spacial score (nSPS) is 12.9. The monoisotopic (exact) mass is 348 g/mol. The van der Waals surface area contributed by atoms with Crippen LogP contribution in [0.4, 0.5) is 17.6 Å². The van der Waals surface area contributed by atoms with E-state index in [-0.39, 0.29) is 17.9 Å². The SMILES string of the molecule is CCC/C=C/c1cc([Si](C)(C)C)c(OCC)c(F)c1C(F)(F)F. The highest BCUT2D eigenvalue weighted by molar-refractivity contribution is 6.89. The Morgan fingerprint density at radius 2 is 1.78 bits per heavy atom. The summed E-state index contributed by atoms with van der Waals surface area (Å²) in [6, 6.07) is 1.45. The van der Waals surface area contributed by atoms with Crippen LogP contribution in [0.3, 0.4) is 0 Å². The van der Waals surface area contributed by atoms with Crippen LogP contribution in [0.25, 0.3) is 6.08 Å². The highest BCUT2D eigenvalue weighted by atomic mass is 28.3. The van der Waals surface area contributed by atoms with Crippen LogP contribution in [0.15, 0.2) is 12.1 Å². The molecule has 0 unspecified atom stereocenters. The minimum atomic E-state index is -4.76. The van der Waals surface area contributed by atoms with Gasteiger partial charge < -0.3 is 4.74 Å². The van der Waals surface area contributed by atoms with E-state index < -0.39 is 25.6 Å². The summed E-state index contributed by atoms with van der Waals surface area (Å²) >= 11 is 0. The number of unbranched alkanes of at least 4 members (excludes halogenated alkanes) is 1. The van der Waals surface area contributed by atoms with E-state index in [0.29, 0.717) is 11.6 Å². The molecule has 0 aliphatic carbocycles. The predicted molar refractivity (Wildman–Crippen MR) is 89.5 cm³/mol. The molecule has 6 heteroatoms. The maximum Gasteiger partial charge on any atom is 0.419 e. The minimum Gasteiger partial charge on any atom is -0.491 e. The van der Waals surface area contributed by atoms with E-state index in [1.54, 1.807) is 13.0 Å². The standard InChI is InChI=1S/C17H24F4OSi/c1-6-8-9-10-12-11-13(23(3,4)5)16(22-7-2)15(18)14(12)17(19,20)21/h9-11H,6-8H2,1-5H3/b10-9+. The van der Waals surface area contributed by atoms with Crippen LogP contribution in [0.1, 0.15) is 37.8 Å². The smallest absolute Gasteiger partial charge is 0.419 e. The zero-order valence-electron chi connectivity index (χ0n) is 14.3. The van der Waals surface area contributed by atoms with Gasteiger partial charge in [-0.3, -0.25) is 0 Å². The van der Waals surface area contributed by atoms with Crippen molar-refractivity contribution in [1.82, 2.24) is 0 Å². The van der Waals surface area contributed by atoms with Crippen LogP contribution in [-0.4, -0.2) is 14.7 Å². The van der Waals surface area contributed by atoms with Gasteiger partial charge in [0, 0.05) is 0 Å². The lowest BCUT2D eigenvalue weighted by Gasteiger charge is -2.24. The minimum absolute atomic E-state index is 0.121. The fourth-order valence-electron chi connectivity index (χ4n) is 2.29. The number of hydrogen-bond acceptors (Lipinski definition) is 1. The molecule has 0 aliphatic heterocycles. The molecule has 0 atom stereocenters. The van der Waals surface area contributed by atoms with Gasteiger partial charge >= 0.3 is 6.18 Å². The molecule has 0 radical (unpaired) electrons. The van der Waals surface area contributed by atoms with Crippen LogP contribution in [0, 0.1) is 5.82 Å². The van der Waals surface area contributed by atoms with Gasteiger partial charge in [0.2, 0.25) is 0 Å². The number of hydrogen-bond donors (Lipinski definition) is 0. The summed E-state index contributed by atoms with van der Waals surface area (Å²) in [5, 5.41) is 0.570. The van der Waals surface area contributed by atoms with Crippen molar-refractivity contribution in [2.45, 2.75) is 52.5 Å². The Hall–Kier alpha value is -1.30. The molecule has 1 aromatic rings. The summed E-state index contributed by atoms with van der Waals surface area (Å²) in [4.78, 5) is 0. The molecule has 0 N–H and O–H groups in total. The van der Waals surface area contributed by atoms with Crippen LogP contribution >= 0.6 is 0 Å². The number of alkyl halides is 3. The zero-order valence-corrected chi connectivity index (χ0v) is 15.3. The third-order valence-corrected chi connectivity index (χ3v) is 5.37. The molecule has 0 saturated carbocycles. The van der Waals surface area contributed by atoms with Crippen molar-refractivity contribution < 1.29 is 22.3 Å². The Bertz CT molecular complexity index is 571. The molecule has 23 heavy (non-hydrogen) atoms. The Kier molecular flexibility index (Phi) is 6.45. The molecule has 130 valence electrons. The number of benzene rings is 1. The Balaban J connectivity index is 3.70. The number of halogens is 4. The number of ether oxygens (including phenoxy) is 1. The summed E-state index contributed by atoms with van der Waals surface area (Å²) < 4.78 is 60.0. The fraction of sp³-hybridized carbons (Fsp3) is 0.529. The van der Waals surface area contributed by atoms with Crippen molar-refractivity contribution in [1.29, 1.82) is 0 Å². The first-order chi connectivity index (χ1) is 10.5. The molecule has 0 fully saturated rings. The second kappa shape index (κ2) is 7.51. The van der Waals surface area contributed by atoms with E-state index in [2.05, 4.69) is 0 Å². The number of rotatable bonds is 6. The fourth-order valence-corrected chi connectivity index (χ4v) is 3.74. The van der Waals surface area contributed by atoms with Crippen LogP contribution in [0.5, 0.6) is 5.75 Å². The molecule has 0 bridgehead atoms. The predicted octanol–water partition coefficient (Wildman–Crippen LogP) is 5.60. The molecule has 0 aromatic heterocycles. The van der Waals surface area contributed by atoms with E-state index in [9.17, 15) is 17.6 Å². The van der Waals surface area contributed by atoms with Gasteiger partial charge in [-0.15, -0.1) is 0 Å². The van der Waals surface area contributed by atoms with Crippen molar-refractivity contribution in [2.75, 3.05) is 6.61 Å². The van der Waals surface area contributed by atoms with E-state index >= 15 is 0 Å². The highest BCUT2D eigenvalue weighted by Gasteiger charge is 2.40. The van der Waals surface area contributed by atoms with Crippen LogP contribution < -0.4 is 9.92 Å². The molecular formula is C17H24F4OSi. The Morgan fingerprint density at radius 3 is 2.22 bits per heavy atom. The molecule has 1 rings (SSSR count). The second-order valence-corrected chi connectivity index (χ2v) is 11.4. The molecule has 0 aliphatic rings. The second-order valence-electron chi connectivity index (χ2n) is 6.40. The molecular weight excluding hydrogens is 324 g/mol. The summed E-state index contributed by atoms with van der Waals surface area (Å²) in [5.74, 6) is -1.54. The van der Waals surface area contributed by atoms with E-state index in [1.807, 2.05) is 26.6 Å². The summed E-state index contributed by atoms with van der Waals surface area (Å²) in [7, 11) is -2.07. The molecule has 1 nitrogen and oxygen atoms in total. The van der Waals surface area contributed by atoms with Gasteiger partial charge in [-0.25, -0.2) is 4.39 Å². The van der Waals surface area contributed by atoms with Gasteiger partial charge in [0.15, 0.2) is 11.6 Å². The highest BCUT2D eigenvalue weighted by Crippen LogP contribution is 2.38. The molecule has 0 amide bonds. The summed E-state index contributed by atoms with van der Waals surface area (Å²) in [6.07, 6.45) is -0.278. The van der Waals surface area contributed by atoms with Gasteiger partial charge in [0.25, 0.3) is 0 Å². The molecule has 1 aromatic carbocycles. The van der Waals surface area contributed by atoms with Crippen molar-refractivity contribution in [3.63, 3.8) is 0 Å². The van der Waals surface area contributed by atoms with Crippen LogP contribution in [0.2, 0.25) is 19.6 Å². The van der Waals surface area contributed by atoms with Gasteiger partial charge in [0.1, 0.15) is 5.56 Å². The van der Waals surface area contributed by atoms with Gasteiger partial charge in [-0.2, -0.15) is 13.2 Å². The molecule has 0 spiro atoms. The molecule has 0 saturated heterocycles.